The first-order valence-corrected chi connectivity index (χ1v) is 11.0. The highest BCUT2D eigenvalue weighted by atomic mass is 32.2. The van der Waals surface area contributed by atoms with Gasteiger partial charge in [0.2, 0.25) is 15.9 Å². The van der Waals surface area contributed by atoms with Crippen molar-refractivity contribution >= 4 is 21.7 Å². The lowest BCUT2D eigenvalue weighted by atomic mass is 9.94. The van der Waals surface area contributed by atoms with Crippen LogP contribution in [0.4, 0.5) is 5.69 Å². The van der Waals surface area contributed by atoms with E-state index in [1.165, 1.54) is 0 Å². The van der Waals surface area contributed by atoms with Crippen molar-refractivity contribution in [2.75, 3.05) is 17.5 Å². The molecule has 0 radical (unpaired) electrons. The van der Waals surface area contributed by atoms with Gasteiger partial charge < -0.3 is 15.1 Å². The van der Waals surface area contributed by atoms with Crippen LogP contribution in [0.2, 0.25) is 0 Å². The number of aromatic nitrogens is 1. The molecule has 8 nitrogen and oxygen atoms in total. The molecule has 9 heteroatoms. The maximum absolute atomic E-state index is 11.5. The number of para-hydroxylation sites is 1. The summed E-state index contributed by atoms with van der Waals surface area (Å²) >= 11 is 0. The Balaban J connectivity index is 2.08. The summed E-state index contributed by atoms with van der Waals surface area (Å²) in [4.78, 5) is 8.83. The quantitative estimate of drug-likeness (QED) is 0.481. The number of sulfonamides is 1. The molecule has 2 aromatic rings. The van der Waals surface area contributed by atoms with Gasteiger partial charge in [0.25, 0.3) is 0 Å². The van der Waals surface area contributed by atoms with Gasteiger partial charge >= 0.3 is 0 Å². The molecule has 0 spiro atoms. The van der Waals surface area contributed by atoms with Crippen molar-refractivity contribution in [3.8, 4) is 0 Å². The van der Waals surface area contributed by atoms with E-state index >= 15 is 0 Å². The predicted molar refractivity (Wildman–Crippen MR) is 112 cm³/mol. The minimum atomic E-state index is -3.35. The van der Waals surface area contributed by atoms with Crippen LogP contribution in [0.25, 0.3) is 0 Å². The smallest absolute Gasteiger partial charge is 0.229 e. The van der Waals surface area contributed by atoms with Crippen molar-refractivity contribution in [1.29, 1.82) is 0 Å². The van der Waals surface area contributed by atoms with Crippen molar-refractivity contribution in [2.45, 2.75) is 46.2 Å². The molecule has 0 bridgehead atoms. The number of aliphatic imine (C=N–C) groups is 1. The number of hydrogen-bond acceptors (Lipinski definition) is 5. The second kappa shape index (κ2) is 9.09. The molecule has 0 amide bonds. The Kier molecular flexibility index (Phi) is 7.06. The molecule has 2 rings (SSSR count). The fraction of sp³-hybridized carbons (Fsp3) is 0.474. The zero-order chi connectivity index (χ0) is 20.8. The molecule has 0 aliphatic rings. The number of anilines is 1. The number of hydrogen-bond donors (Lipinski definition) is 3. The number of nitrogens with zero attached hydrogens (tertiary/aromatic N) is 2. The number of oxazole rings is 1. The Morgan fingerprint density at radius 1 is 1.21 bits per heavy atom. The maximum atomic E-state index is 11.5. The van der Waals surface area contributed by atoms with E-state index in [4.69, 9.17) is 4.42 Å². The number of rotatable bonds is 7. The average Bonchev–Trinajstić information content (AvgIpc) is 3.06. The Morgan fingerprint density at radius 3 is 2.54 bits per heavy atom. The summed E-state index contributed by atoms with van der Waals surface area (Å²) in [5, 5.41) is 6.34. The second-order valence-corrected chi connectivity index (χ2v) is 9.20. The zero-order valence-corrected chi connectivity index (χ0v) is 17.9. The summed E-state index contributed by atoms with van der Waals surface area (Å²) in [5.41, 5.74) is 1.20. The van der Waals surface area contributed by atoms with Crippen LogP contribution < -0.4 is 15.4 Å². The molecule has 154 valence electrons. The van der Waals surface area contributed by atoms with E-state index < -0.39 is 10.0 Å². The Hall–Kier alpha value is -2.55. The Labute approximate surface area is 166 Å². The molecule has 0 unspecified atom stereocenters. The molecule has 1 heterocycles. The van der Waals surface area contributed by atoms with Crippen LogP contribution in [0.5, 0.6) is 0 Å². The third kappa shape index (κ3) is 6.88. The lowest BCUT2D eigenvalue weighted by Crippen LogP contribution is -2.36. The summed E-state index contributed by atoms with van der Waals surface area (Å²) in [5.74, 6) is 1.99. The molecule has 0 saturated carbocycles. The molecule has 0 fully saturated rings. The summed E-state index contributed by atoms with van der Waals surface area (Å²) in [7, 11) is -3.35. The third-order valence-electron chi connectivity index (χ3n) is 3.76. The Morgan fingerprint density at radius 2 is 1.93 bits per heavy atom. The van der Waals surface area contributed by atoms with E-state index in [1.54, 1.807) is 18.3 Å². The summed E-state index contributed by atoms with van der Waals surface area (Å²) in [6.07, 6.45) is 2.87. The lowest BCUT2D eigenvalue weighted by molar-refractivity contribution is 0.379. The molecule has 1 aromatic heterocycles. The second-order valence-electron chi connectivity index (χ2n) is 7.45. The fourth-order valence-electron chi connectivity index (χ4n) is 2.36. The first-order valence-electron chi connectivity index (χ1n) is 9.11. The van der Waals surface area contributed by atoms with E-state index in [9.17, 15) is 8.42 Å². The number of guanidine groups is 1. The van der Waals surface area contributed by atoms with Gasteiger partial charge in [-0.1, -0.05) is 39.0 Å². The topological polar surface area (TPSA) is 109 Å². The highest BCUT2D eigenvalue weighted by Crippen LogP contribution is 2.22. The average molecular weight is 408 g/mol. The number of benzene rings is 1. The van der Waals surface area contributed by atoms with Crippen molar-refractivity contribution in [1.82, 2.24) is 15.6 Å². The first kappa shape index (κ1) is 21.7. The standard InChI is InChI=1S/C19H29N5O3S/c1-6-20-18(23-13-17-21-12-16(27-17)19(2,3)4)22-11-14-9-7-8-10-15(14)24-28(5,25)26/h7-10,12,24H,6,11,13H2,1-5H3,(H2,20,22,23). The highest BCUT2D eigenvalue weighted by Gasteiger charge is 2.19. The minimum Gasteiger partial charge on any atom is -0.443 e. The van der Waals surface area contributed by atoms with Crippen molar-refractivity contribution in [3.05, 3.63) is 47.7 Å². The van der Waals surface area contributed by atoms with Crippen LogP contribution >= 0.6 is 0 Å². The van der Waals surface area contributed by atoms with Crippen LogP contribution in [0.15, 0.2) is 39.9 Å². The predicted octanol–water partition coefficient (Wildman–Crippen LogP) is 2.60. The molecule has 0 aliphatic heterocycles. The van der Waals surface area contributed by atoms with Crippen LogP contribution in [-0.4, -0.2) is 32.2 Å². The van der Waals surface area contributed by atoms with Gasteiger partial charge in [-0.15, -0.1) is 0 Å². The molecular formula is C19H29N5O3S. The molecule has 0 saturated heterocycles. The van der Waals surface area contributed by atoms with Crippen LogP contribution in [-0.2, 0) is 28.5 Å². The van der Waals surface area contributed by atoms with Crippen molar-refractivity contribution < 1.29 is 12.8 Å². The minimum absolute atomic E-state index is 0.0971. The van der Waals surface area contributed by atoms with Gasteiger partial charge in [0, 0.05) is 12.0 Å². The number of nitrogens with one attached hydrogen (secondary N) is 3. The monoisotopic (exact) mass is 407 g/mol. The van der Waals surface area contributed by atoms with Gasteiger partial charge in [0.15, 0.2) is 5.96 Å². The molecule has 0 atom stereocenters. The summed E-state index contributed by atoms with van der Waals surface area (Å²) < 4.78 is 31.4. The van der Waals surface area contributed by atoms with E-state index in [0.717, 1.165) is 17.6 Å². The molecule has 3 N–H and O–H groups in total. The largest absolute Gasteiger partial charge is 0.443 e. The van der Waals surface area contributed by atoms with Crippen molar-refractivity contribution in [3.63, 3.8) is 0 Å². The maximum Gasteiger partial charge on any atom is 0.229 e. The highest BCUT2D eigenvalue weighted by molar-refractivity contribution is 7.92. The third-order valence-corrected chi connectivity index (χ3v) is 4.35. The molecule has 1 aromatic carbocycles. The van der Waals surface area contributed by atoms with Gasteiger partial charge in [-0.25, -0.2) is 18.4 Å². The van der Waals surface area contributed by atoms with E-state index in [-0.39, 0.29) is 5.41 Å². The van der Waals surface area contributed by atoms with Crippen LogP contribution in [0.3, 0.4) is 0 Å². The first-order chi connectivity index (χ1) is 13.1. The molecule has 0 aliphatic carbocycles. The van der Waals surface area contributed by atoms with Gasteiger partial charge in [0.1, 0.15) is 5.76 Å². The molecule has 28 heavy (non-hydrogen) atoms. The zero-order valence-electron chi connectivity index (χ0n) is 17.0. The van der Waals surface area contributed by atoms with Crippen LogP contribution in [0, 0.1) is 0 Å². The SMILES string of the molecule is CCNC(=NCc1ccccc1NS(C)(=O)=O)NCc1ncc(C(C)(C)C)o1. The van der Waals surface area contributed by atoms with E-state index in [1.807, 2.05) is 19.1 Å². The van der Waals surface area contributed by atoms with E-state index in [2.05, 4.69) is 46.1 Å². The summed E-state index contributed by atoms with van der Waals surface area (Å²) in [6, 6.07) is 7.18. The Bertz CT molecular complexity index is 914. The van der Waals surface area contributed by atoms with Gasteiger partial charge in [-0.3, -0.25) is 4.72 Å². The normalized spacial score (nSPS) is 12.7. The van der Waals surface area contributed by atoms with E-state index in [0.29, 0.717) is 37.2 Å². The van der Waals surface area contributed by atoms with Gasteiger partial charge in [0.05, 0.1) is 31.2 Å². The molecular weight excluding hydrogens is 378 g/mol. The van der Waals surface area contributed by atoms with Crippen molar-refractivity contribution in [2.24, 2.45) is 4.99 Å². The lowest BCUT2D eigenvalue weighted by Gasteiger charge is -2.13. The van der Waals surface area contributed by atoms with Crippen LogP contribution in [0.1, 0.15) is 44.9 Å². The van der Waals surface area contributed by atoms with Gasteiger partial charge in [-0.05, 0) is 18.6 Å². The van der Waals surface area contributed by atoms with Gasteiger partial charge in [-0.2, -0.15) is 0 Å². The summed E-state index contributed by atoms with van der Waals surface area (Å²) in [6.45, 7) is 9.57. The fourth-order valence-corrected chi connectivity index (χ4v) is 2.96.